The highest BCUT2D eigenvalue weighted by Gasteiger charge is 2.20. The van der Waals surface area contributed by atoms with Crippen LogP contribution in [0.4, 0.5) is 23.0 Å². The smallest absolute Gasteiger partial charge is 0.418 e. The topological polar surface area (TPSA) is 3.01 Å². The first-order valence-corrected chi connectivity index (χ1v) is 6.97. The maximum Gasteiger partial charge on any atom is 0.673 e. The van der Waals surface area contributed by atoms with Crippen molar-refractivity contribution < 1.29 is 21.8 Å². The molecular formula is C16H16BF4N. The molecule has 0 atom stereocenters. The van der Waals surface area contributed by atoms with Crippen LogP contribution in [0.1, 0.15) is 16.7 Å². The van der Waals surface area contributed by atoms with Gasteiger partial charge in [0.1, 0.15) is 0 Å². The molecule has 0 saturated heterocycles. The van der Waals surface area contributed by atoms with Gasteiger partial charge in [0.15, 0.2) is 12.8 Å². The molecule has 0 bridgehead atoms. The van der Waals surface area contributed by atoms with Gasteiger partial charge in [-0.15, -0.1) is 0 Å². The number of aryl methyl sites for hydroxylation is 1. The zero-order chi connectivity index (χ0) is 16.2. The molecule has 0 saturated carbocycles. The number of fused-ring (bicyclic) bond motifs is 1. The summed E-state index contributed by atoms with van der Waals surface area (Å²) in [7, 11) is -6.00. The Hall–Kier alpha value is -2.11. The summed E-state index contributed by atoms with van der Waals surface area (Å²) in [5.41, 5.74) is 5.46. The van der Waals surface area contributed by atoms with Gasteiger partial charge in [0.25, 0.3) is 0 Å². The number of rotatable bonds is 1. The Morgan fingerprint density at radius 1 is 0.909 bits per heavy atom. The predicted molar refractivity (Wildman–Crippen MR) is 81.5 cm³/mol. The molecule has 0 aromatic heterocycles. The quantitative estimate of drug-likeness (QED) is 0.411. The van der Waals surface area contributed by atoms with E-state index in [4.69, 9.17) is 0 Å². The van der Waals surface area contributed by atoms with Crippen LogP contribution in [0.2, 0.25) is 0 Å². The van der Waals surface area contributed by atoms with E-state index in [2.05, 4.69) is 66.2 Å². The molecule has 0 amide bonds. The van der Waals surface area contributed by atoms with Gasteiger partial charge in [0.2, 0.25) is 5.69 Å². The van der Waals surface area contributed by atoms with Crippen LogP contribution in [0.5, 0.6) is 0 Å². The Morgan fingerprint density at radius 2 is 1.50 bits per heavy atom. The third-order valence-electron chi connectivity index (χ3n) is 3.40. The average molecular weight is 309 g/mol. The molecule has 0 fully saturated rings. The SMILES string of the molecule is Cc1ccccc1[N+]1=Cc2ccccc2CC1.F[B-](F)(F)F. The fourth-order valence-corrected chi connectivity index (χ4v) is 2.44. The molecule has 0 radical (unpaired) electrons. The highest BCUT2D eigenvalue weighted by atomic mass is 19.5. The maximum atomic E-state index is 9.75. The molecule has 1 aliphatic heterocycles. The van der Waals surface area contributed by atoms with Crippen molar-refractivity contribution in [2.24, 2.45) is 0 Å². The van der Waals surface area contributed by atoms with Crippen LogP contribution in [0.3, 0.4) is 0 Å². The summed E-state index contributed by atoms with van der Waals surface area (Å²) in [4.78, 5) is 0. The third-order valence-corrected chi connectivity index (χ3v) is 3.40. The standard InChI is InChI=1S/C16H16N.BF4/c1-13-6-2-5-9-16(13)17-11-10-14-7-3-4-8-15(14)12-17;2-1(3,4)5/h2-9,12H,10-11H2,1H3;/q+1;-1. The van der Waals surface area contributed by atoms with E-state index in [1.807, 2.05) is 0 Å². The molecule has 2 aromatic rings. The fourth-order valence-electron chi connectivity index (χ4n) is 2.44. The molecule has 0 N–H and O–H groups in total. The number of halogens is 4. The van der Waals surface area contributed by atoms with E-state index in [0.717, 1.165) is 13.0 Å². The number of nitrogens with zero attached hydrogens (tertiary/aromatic N) is 1. The Kier molecular flexibility index (Phi) is 5.01. The minimum Gasteiger partial charge on any atom is -0.418 e. The summed E-state index contributed by atoms with van der Waals surface area (Å²) < 4.78 is 41.4. The number of hydrogen-bond donors (Lipinski definition) is 0. The summed E-state index contributed by atoms with van der Waals surface area (Å²) in [5.74, 6) is 0. The van der Waals surface area contributed by atoms with Gasteiger partial charge in [-0.3, -0.25) is 0 Å². The average Bonchev–Trinajstić information content (AvgIpc) is 2.45. The van der Waals surface area contributed by atoms with Crippen molar-refractivity contribution in [2.75, 3.05) is 6.54 Å². The molecule has 1 aliphatic rings. The molecule has 1 heterocycles. The predicted octanol–water partition coefficient (Wildman–Crippen LogP) is 4.61. The number of para-hydroxylation sites is 1. The largest absolute Gasteiger partial charge is 0.673 e. The van der Waals surface area contributed by atoms with Crippen molar-refractivity contribution >= 4 is 19.2 Å². The Balaban J connectivity index is 0.000000309. The first-order chi connectivity index (χ1) is 10.3. The zero-order valence-corrected chi connectivity index (χ0v) is 12.1. The van der Waals surface area contributed by atoms with Crippen molar-refractivity contribution in [3.8, 4) is 0 Å². The van der Waals surface area contributed by atoms with Gasteiger partial charge in [0.05, 0.1) is 0 Å². The first-order valence-electron chi connectivity index (χ1n) is 6.97. The highest BCUT2D eigenvalue weighted by Crippen LogP contribution is 2.21. The fraction of sp³-hybridized carbons (Fsp3) is 0.188. The number of hydrogen-bond acceptors (Lipinski definition) is 0. The molecule has 6 heteroatoms. The maximum absolute atomic E-state index is 9.75. The van der Waals surface area contributed by atoms with Gasteiger partial charge in [-0.2, -0.15) is 4.58 Å². The van der Waals surface area contributed by atoms with Crippen molar-refractivity contribution in [1.82, 2.24) is 0 Å². The van der Waals surface area contributed by atoms with Crippen LogP contribution in [0, 0.1) is 6.92 Å². The first kappa shape index (κ1) is 16.3. The lowest BCUT2D eigenvalue weighted by atomic mass is 10.0. The molecule has 0 unspecified atom stereocenters. The molecule has 0 spiro atoms. The van der Waals surface area contributed by atoms with E-state index < -0.39 is 7.25 Å². The van der Waals surface area contributed by atoms with Crippen LogP contribution in [0.15, 0.2) is 48.5 Å². The summed E-state index contributed by atoms with van der Waals surface area (Å²) in [5, 5.41) is 0. The molecule has 116 valence electrons. The minimum absolute atomic E-state index is 1.07. The number of benzene rings is 2. The van der Waals surface area contributed by atoms with Crippen LogP contribution in [0.25, 0.3) is 0 Å². The third kappa shape index (κ3) is 4.72. The van der Waals surface area contributed by atoms with E-state index in [1.165, 1.54) is 22.4 Å². The zero-order valence-electron chi connectivity index (χ0n) is 12.1. The van der Waals surface area contributed by atoms with Gasteiger partial charge in [-0.25, -0.2) is 0 Å². The molecule has 22 heavy (non-hydrogen) atoms. The second-order valence-electron chi connectivity index (χ2n) is 5.05. The molecule has 2 aromatic carbocycles. The van der Waals surface area contributed by atoms with Gasteiger partial charge in [-0.1, -0.05) is 36.4 Å². The lowest BCUT2D eigenvalue weighted by Crippen LogP contribution is -2.19. The summed E-state index contributed by atoms with van der Waals surface area (Å²) in [6, 6.07) is 17.2. The second-order valence-corrected chi connectivity index (χ2v) is 5.05. The summed E-state index contributed by atoms with van der Waals surface area (Å²) in [6.45, 7) is 3.24. The van der Waals surface area contributed by atoms with E-state index in [1.54, 1.807) is 0 Å². The highest BCUT2D eigenvalue weighted by molar-refractivity contribution is 6.50. The van der Waals surface area contributed by atoms with Gasteiger partial charge in [0, 0.05) is 23.6 Å². The van der Waals surface area contributed by atoms with Crippen LogP contribution >= 0.6 is 0 Å². The molecule has 1 nitrogen and oxygen atoms in total. The van der Waals surface area contributed by atoms with Crippen LogP contribution in [-0.2, 0) is 6.42 Å². The lowest BCUT2D eigenvalue weighted by molar-refractivity contribution is -0.436. The van der Waals surface area contributed by atoms with Crippen molar-refractivity contribution in [1.29, 1.82) is 0 Å². The molecule has 0 aliphatic carbocycles. The van der Waals surface area contributed by atoms with Gasteiger partial charge < -0.3 is 17.3 Å². The molecule has 3 rings (SSSR count). The second kappa shape index (κ2) is 6.77. The summed E-state index contributed by atoms with van der Waals surface area (Å²) >= 11 is 0. The van der Waals surface area contributed by atoms with E-state index >= 15 is 0 Å². The van der Waals surface area contributed by atoms with Gasteiger partial charge >= 0.3 is 7.25 Å². The van der Waals surface area contributed by atoms with Crippen molar-refractivity contribution in [3.05, 3.63) is 65.2 Å². The normalized spacial score (nSPS) is 13.6. The Bertz CT molecular complexity index is 674. The Morgan fingerprint density at radius 3 is 2.18 bits per heavy atom. The van der Waals surface area contributed by atoms with Crippen LogP contribution in [-0.4, -0.2) is 24.6 Å². The molecular weight excluding hydrogens is 293 g/mol. The minimum atomic E-state index is -6.00. The summed E-state index contributed by atoms with van der Waals surface area (Å²) in [6.07, 6.45) is 3.39. The van der Waals surface area contributed by atoms with E-state index in [-0.39, 0.29) is 0 Å². The van der Waals surface area contributed by atoms with Crippen molar-refractivity contribution in [3.63, 3.8) is 0 Å². The van der Waals surface area contributed by atoms with E-state index in [0.29, 0.717) is 0 Å². The van der Waals surface area contributed by atoms with Crippen molar-refractivity contribution in [2.45, 2.75) is 13.3 Å². The monoisotopic (exact) mass is 309 g/mol. The van der Waals surface area contributed by atoms with Gasteiger partial charge in [-0.05, 0) is 18.6 Å². The Labute approximate surface area is 127 Å². The van der Waals surface area contributed by atoms with Crippen LogP contribution < -0.4 is 0 Å². The lowest BCUT2D eigenvalue weighted by Gasteiger charge is -2.12. The van der Waals surface area contributed by atoms with E-state index in [9.17, 15) is 17.3 Å².